The molecule has 0 fully saturated rings. The van der Waals surface area contributed by atoms with Crippen LogP contribution in [0.2, 0.25) is 5.02 Å². The lowest BCUT2D eigenvalue weighted by Gasteiger charge is -2.07. The third-order valence-electron chi connectivity index (χ3n) is 3.91. The van der Waals surface area contributed by atoms with Crippen molar-refractivity contribution in [2.45, 2.75) is 5.75 Å². The van der Waals surface area contributed by atoms with E-state index in [1.807, 2.05) is 6.07 Å². The van der Waals surface area contributed by atoms with E-state index in [-0.39, 0.29) is 11.7 Å². The lowest BCUT2D eigenvalue weighted by molar-refractivity contribution is -0.113. The molecule has 1 aromatic heterocycles. The highest BCUT2D eigenvalue weighted by Gasteiger charge is 2.19. The minimum absolute atomic E-state index is 0.242. The zero-order valence-corrected chi connectivity index (χ0v) is 15.9. The summed E-state index contributed by atoms with van der Waals surface area (Å²) in [6, 6.07) is 13.3. The predicted molar refractivity (Wildman–Crippen MR) is 103 cm³/mol. The van der Waals surface area contributed by atoms with Gasteiger partial charge in [-0.3, -0.25) is 10.1 Å². The molecule has 2 aromatic carbocycles. The SMILES string of the molecule is Cn1c(NC(=O)CS(=O)(=O)Cc2ccc(C#N)cc2)nc2cc(Cl)ccc21. The van der Waals surface area contributed by atoms with Gasteiger partial charge in [0, 0.05) is 12.1 Å². The third kappa shape index (κ3) is 4.45. The van der Waals surface area contributed by atoms with E-state index in [0.717, 1.165) is 5.52 Å². The number of rotatable bonds is 5. The standard InChI is InChI=1S/C18H15ClN4O3S/c1-23-16-7-6-14(19)8-15(16)21-18(23)22-17(24)11-27(25,26)10-13-4-2-12(9-20)3-5-13/h2-8H,10-11H2,1H3,(H,21,22,24). The second-order valence-corrected chi connectivity index (χ2v) is 8.52. The Kier molecular flexibility index (Phi) is 5.17. The van der Waals surface area contributed by atoms with Crippen molar-refractivity contribution in [1.82, 2.24) is 9.55 Å². The Bertz CT molecular complexity index is 1160. The monoisotopic (exact) mass is 402 g/mol. The van der Waals surface area contributed by atoms with Crippen LogP contribution in [-0.2, 0) is 27.4 Å². The largest absolute Gasteiger partial charge is 0.313 e. The van der Waals surface area contributed by atoms with Crippen LogP contribution in [0.25, 0.3) is 11.0 Å². The van der Waals surface area contributed by atoms with Crippen LogP contribution in [0.4, 0.5) is 5.95 Å². The van der Waals surface area contributed by atoms with E-state index in [1.165, 1.54) is 12.1 Å². The van der Waals surface area contributed by atoms with Gasteiger partial charge >= 0.3 is 0 Å². The lowest BCUT2D eigenvalue weighted by Crippen LogP contribution is -2.25. The van der Waals surface area contributed by atoms with Crippen LogP contribution in [0.3, 0.4) is 0 Å². The number of fused-ring (bicyclic) bond motifs is 1. The van der Waals surface area contributed by atoms with E-state index >= 15 is 0 Å². The molecule has 3 aromatic rings. The van der Waals surface area contributed by atoms with E-state index < -0.39 is 21.5 Å². The average molecular weight is 403 g/mol. The molecule has 1 heterocycles. The van der Waals surface area contributed by atoms with Gasteiger partial charge in [0.1, 0.15) is 5.75 Å². The summed E-state index contributed by atoms with van der Waals surface area (Å²) in [5, 5.41) is 11.8. The molecule has 9 heteroatoms. The molecule has 7 nitrogen and oxygen atoms in total. The Morgan fingerprint density at radius 1 is 1.26 bits per heavy atom. The van der Waals surface area contributed by atoms with Gasteiger partial charge in [-0.05, 0) is 35.9 Å². The number of nitriles is 1. The summed E-state index contributed by atoms with van der Waals surface area (Å²) >= 11 is 5.94. The summed E-state index contributed by atoms with van der Waals surface area (Å²) in [5.74, 6) is -1.39. The smallest absolute Gasteiger partial charge is 0.241 e. The van der Waals surface area contributed by atoms with Crippen LogP contribution < -0.4 is 5.32 Å². The van der Waals surface area contributed by atoms with Crippen molar-refractivity contribution in [3.8, 4) is 6.07 Å². The number of amides is 1. The fourth-order valence-corrected chi connectivity index (χ4v) is 4.07. The molecule has 3 rings (SSSR count). The number of halogens is 1. The van der Waals surface area contributed by atoms with Crippen molar-refractivity contribution >= 4 is 44.3 Å². The fraction of sp³-hybridized carbons (Fsp3) is 0.167. The first-order valence-corrected chi connectivity index (χ1v) is 10.1. The summed E-state index contributed by atoms with van der Waals surface area (Å²) in [4.78, 5) is 16.5. The molecule has 0 radical (unpaired) electrons. The highest BCUT2D eigenvalue weighted by atomic mass is 35.5. The molecule has 0 bridgehead atoms. The van der Waals surface area contributed by atoms with Crippen LogP contribution in [0, 0.1) is 11.3 Å². The maximum Gasteiger partial charge on any atom is 0.241 e. The molecule has 138 valence electrons. The summed E-state index contributed by atoms with van der Waals surface area (Å²) in [7, 11) is -1.96. The van der Waals surface area contributed by atoms with Crippen LogP contribution >= 0.6 is 11.6 Å². The summed E-state index contributed by atoms with van der Waals surface area (Å²) < 4.78 is 26.2. The van der Waals surface area contributed by atoms with E-state index in [1.54, 1.807) is 41.9 Å². The predicted octanol–water partition coefficient (Wildman–Crippen LogP) is 2.65. The van der Waals surface area contributed by atoms with E-state index in [4.69, 9.17) is 16.9 Å². The second kappa shape index (κ2) is 7.39. The molecule has 1 amide bonds. The van der Waals surface area contributed by atoms with Gasteiger partial charge in [-0.1, -0.05) is 23.7 Å². The molecular formula is C18H15ClN4O3S. The molecule has 0 spiro atoms. The van der Waals surface area contributed by atoms with Crippen LogP contribution in [0.5, 0.6) is 0 Å². The summed E-state index contributed by atoms with van der Waals surface area (Å²) in [6.07, 6.45) is 0. The molecule has 27 heavy (non-hydrogen) atoms. The topological polar surface area (TPSA) is 105 Å². The van der Waals surface area contributed by atoms with E-state index in [2.05, 4.69) is 10.3 Å². The molecule has 0 aliphatic heterocycles. The third-order valence-corrected chi connectivity index (χ3v) is 5.62. The zero-order valence-electron chi connectivity index (χ0n) is 14.3. The quantitative estimate of drug-likeness (QED) is 0.706. The maximum absolute atomic E-state index is 12.3. The normalized spacial score (nSPS) is 11.3. The van der Waals surface area contributed by atoms with Crippen LogP contribution in [0.1, 0.15) is 11.1 Å². The van der Waals surface area contributed by atoms with Gasteiger partial charge in [0.15, 0.2) is 9.84 Å². The number of sulfone groups is 1. The van der Waals surface area contributed by atoms with Gasteiger partial charge in [-0.2, -0.15) is 5.26 Å². The number of imidazole rings is 1. The molecule has 0 aliphatic carbocycles. The Morgan fingerprint density at radius 2 is 1.96 bits per heavy atom. The number of anilines is 1. The average Bonchev–Trinajstić information content (AvgIpc) is 2.89. The number of nitrogens with zero attached hydrogens (tertiary/aromatic N) is 3. The Labute approximate surface area is 161 Å². The molecular weight excluding hydrogens is 388 g/mol. The van der Waals surface area contributed by atoms with E-state index in [0.29, 0.717) is 21.7 Å². The first-order valence-electron chi connectivity index (χ1n) is 7.89. The number of aromatic nitrogens is 2. The second-order valence-electron chi connectivity index (χ2n) is 6.02. The minimum atomic E-state index is -3.68. The number of carbonyl (C=O) groups excluding carboxylic acids is 1. The number of hydrogen-bond donors (Lipinski definition) is 1. The first-order chi connectivity index (χ1) is 12.8. The molecule has 1 N–H and O–H groups in total. The molecule has 0 saturated carbocycles. The zero-order chi connectivity index (χ0) is 19.6. The van der Waals surface area contributed by atoms with Crippen LogP contribution in [-0.4, -0.2) is 29.6 Å². The van der Waals surface area contributed by atoms with Crippen molar-refractivity contribution in [3.63, 3.8) is 0 Å². The van der Waals surface area contributed by atoms with Gasteiger partial charge < -0.3 is 4.57 Å². The van der Waals surface area contributed by atoms with Crippen molar-refractivity contribution in [2.75, 3.05) is 11.1 Å². The van der Waals surface area contributed by atoms with Crippen molar-refractivity contribution in [1.29, 1.82) is 5.26 Å². The fourth-order valence-electron chi connectivity index (χ4n) is 2.63. The number of carbonyl (C=O) groups is 1. The molecule has 0 unspecified atom stereocenters. The van der Waals surface area contributed by atoms with Crippen molar-refractivity contribution in [3.05, 3.63) is 58.6 Å². The molecule has 0 atom stereocenters. The van der Waals surface area contributed by atoms with Crippen molar-refractivity contribution < 1.29 is 13.2 Å². The summed E-state index contributed by atoms with van der Waals surface area (Å²) in [6.45, 7) is 0. The number of hydrogen-bond acceptors (Lipinski definition) is 5. The Balaban J connectivity index is 1.71. The van der Waals surface area contributed by atoms with Crippen LogP contribution in [0.15, 0.2) is 42.5 Å². The highest BCUT2D eigenvalue weighted by Crippen LogP contribution is 2.22. The molecule has 0 saturated heterocycles. The first kappa shape index (κ1) is 18.9. The van der Waals surface area contributed by atoms with Crippen molar-refractivity contribution in [2.24, 2.45) is 7.05 Å². The Hall–Kier alpha value is -2.89. The minimum Gasteiger partial charge on any atom is -0.313 e. The van der Waals surface area contributed by atoms with Gasteiger partial charge in [0.25, 0.3) is 0 Å². The molecule has 0 aliphatic rings. The number of aryl methyl sites for hydroxylation is 1. The lowest BCUT2D eigenvalue weighted by atomic mass is 10.2. The van der Waals surface area contributed by atoms with Gasteiger partial charge in [-0.25, -0.2) is 13.4 Å². The van der Waals surface area contributed by atoms with Gasteiger partial charge in [-0.15, -0.1) is 0 Å². The van der Waals surface area contributed by atoms with Gasteiger partial charge in [0.05, 0.1) is 28.4 Å². The maximum atomic E-state index is 12.3. The number of nitrogens with one attached hydrogen (secondary N) is 1. The number of benzene rings is 2. The van der Waals surface area contributed by atoms with Gasteiger partial charge in [0.2, 0.25) is 11.9 Å². The Morgan fingerprint density at radius 3 is 2.63 bits per heavy atom. The van der Waals surface area contributed by atoms with E-state index in [9.17, 15) is 13.2 Å². The summed E-state index contributed by atoms with van der Waals surface area (Å²) in [5.41, 5.74) is 2.31. The highest BCUT2D eigenvalue weighted by molar-refractivity contribution is 7.91.